The number of hydrogen-bond acceptors (Lipinski definition) is 4. The van der Waals surface area contributed by atoms with E-state index in [9.17, 15) is 4.79 Å². The molecule has 1 aromatic rings. The fourth-order valence-corrected chi connectivity index (χ4v) is 1.93. The average Bonchev–Trinajstić information content (AvgIpc) is 2.92. The van der Waals surface area contributed by atoms with Crippen molar-refractivity contribution in [3.63, 3.8) is 0 Å². The molecule has 0 radical (unpaired) electrons. The predicted molar refractivity (Wildman–Crippen MR) is 56.2 cm³/mol. The molecule has 1 fully saturated rings. The number of rotatable bonds is 4. The fourth-order valence-electron chi connectivity index (χ4n) is 1.18. The van der Waals surface area contributed by atoms with Crippen LogP contribution in [0.15, 0.2) is 5.38 Å². The van der Waals surface area contributed by atoms with Crippen LogP contribution in [-0.2, 0) is 11.2 Å². The van der Waals surface area contributed by atoms with Gasteiger partial charge in [-0.3, -0.25) is 4.79 Å². The molecule has 1 saturated carbocycles. The van der Waals surface area contributed by atoms with Crippen LogP contribution < -0.4 is 11.1 Å². The van der Waals surface area contributed by atoms with Crippen molar-refractivity contribution < 1.29 is 4.79 Å². The van der Waals surface area contributed by atoms with Crippen molar-refractivity contribution in [1.29, 1.82) is 0 Å². The number of carbonyl (C=O) groups is 1. The number of nitrogens with zero attached hydrogens (tertiary/aromatic N) is 1. The van der Waals surface area contributed by atoms with Crippen LogP contribution in [0.25, 0.3) is 0 Å². The lowest BCUT2D eigenvalue weighted by molar-refractivity contribution is -0.117. The van der Waals surface area contributed by atoms with Crippen LogP contribution in [0.2, 0.25) is 0 Å². The summed E-state index contributed by atoms with van der Waals surface area (Å²) < 4.78 is 0. The first-order chi connectivity index (χ1) is 6.79. The Morgan fingerprint density at radius 3 is 3.14 bits per heavy atom. The second-order valence-electron chi connectivity index (χ2n) is 3.45. The van der Waals surface area contributed by atoms with Crippen LogP contribution in [0.3, 0.4) is 0 Å². The van der Waals surface area contributed by atoms with Gasteiger partial charge in [0.2, 0.25) is 5.91 Å². The quantitative estimate of drug-likeness (QED) is 0.780. The number of anilines is 1. The Labute approximate surface area is 86.5 Å². The lowest BCUT2D eigenvalue weighted by atomic mass is 10.3. The molecule has 2 rings (SSSR count). The summed E-state index contributed by atoms with van der Waals surface area (Å²) in [6, 6.07) is 0. The van der Waals surface area contributed by atoms with Gasteiger partial charge in [-0.1, -0.05) is 0 Å². The van der Waals surface area contributed by atoms with E-state index in [0.717, 1.165) is 25.0 Å². The zero-order valence-electron chi connectivity index (χ0n) is 7.82. The van der Waals surface area contributed by atoms with E-state index in [0.29, 0.717) is 11.7 Å². The number of aromatic nitrogens is 1. The fraction of sp³-hybridized carbons (Fsp3) is 0.556. The summed E-state index contributed by atoms with van der Waals surface area (Å²) in [5, 5.41) is 5.45. The monoisotopic (exact) mass is 211 g/mol. The van der Waals surface area contributed by atoms with E-state index in [4.69, 9.17) is 5.73 Å². The zero-order valence-corrected chi connectivity index (χ0v) is 8.64. The van der Waals surface area contributed by atoms with Crippen LogP contribution in [0.5, 0.6) is 0 Å². The molecule has 1 aromatic heterocycles. The zero-order chi connectivity index (χ0) is 9.97. The van der Waals surface area contributed by atoms with Crippen LogP contribution in [0, 0.1) is 5.92 Å². The molecular weight excluding hydrogens is 198 g/mol. The molecule has 1 aliphatic rings. The number of amides is 1. The van der Waals surface area contributed by atoms with Crippen molar-refractivity contribution in [2.45, 2.75) is 19.3 Å². The Bertz CT molecular complexity index is 333. The molecule has 0 aromatic carbocycles. The van der Waals surface area contributed by atoms with E-state index in [1.807, 2.05) is 5.38 Å². The smallest absolute Gasteiger partial charge is 0.229 e. The van der Waals surface area contributed by atoms with Crippen molar-refractivity contribution >= 4 is 22.4 Å². The van der Waals surface area contributed by atoms with Crippen molar-refractivity contribution in [3.8, 4) is 0 Å². The maximum atomic E-state index is 11.4. The number of nitrogens with two attached hydrogens (primary N) is 1. The van der Waals surface area contributed by atoms with Crippen LogP contribution in [0.1, 0.15) is 18.5 Å². The van der Waals surface area contributed by atoms with Crippen LogP contribution >= 0.6 is 11.3 Å². The summed E-state index contributed by atoms with van der Waals surface area (Å²) in [6.07, 6.45) is 2.82. The number of nitrogens with one attached hydrogen (secondary N) is 1. The van der Waals surface area contributed by atoms with Gasteiger partial charge >= 0.3 is 0 Å². The Kier molecular flexibility index (Phi) is 2.79. The maximum Gasteiger partial charge on any atom is 0.229 e. The van der Waals surface area contributed by atoms with Gasteiger partial charge in [-0.15, -0.1) is 11.3 Å². The van der Waals surface area contributed by atoms with Gasteiger partial charge in [0.1, 0.15) is 0 Å². The molecule has 1 heterocycles. The first kappa shape index (κ1) is 9.61. The third kappa shape index (κ3) is 2.30. The molecule has 0 unspecified atom stereocenters. The van der Waals surface area contributed by atoms with E-state index in [1.165, 1.54) is 11.3 Å². The highest BCUT2D eigenvalue weighted by Crippen LogP contribution is 2.30. The molecule has 76 valence electrons. The van der Waals surface area contributed by atoms with Gasteiger partial charge in [-0.05, 0) is 19.4 Å². The molecule has 0 atom stereocenters. The normalized spacial score (nSPS) is 15.5. The molecule has 4 nitrogen and oxygen atoms in total. The number of carbonyl (C=O) groups excluding carboxylic acids is 1. The number of hydrogen-bond donors (Lipinski definition) is 2. The lowest BCUT2D eigenvalue weighted by Crippen LogP contribution is -2.13. The minimum absolute atomic E-state index is 0.110. The summed E-state index contributed by atoms with van der Waals surface area (Å²) in [6.45, 7) is 0.597. The third-order valence-corrected chi connectivity index (χ3v) is 2.94. The van der Waals surface area contributed by atoms with E-state index >= 15 is 0 Å². The van der Waals surface area contributed by atoms with Crippen molar-refractivity contribution in [3.05, 3.63) is 11.1 Å². The van der Waals surface area contributed by atoms with Gasteiger partial charge in [-0.2, -0.15) is 0 Å². The highest BCUT2D eigenvalue weighted by molar-refractivity contribution is 7.13. The summed E-state index contributed by atoms with van der Waals surface area (Å²) in [7, 11) is 0. The van der Waals surface area contributed by atoms with E-state index in [-0.39, 0.29) is 11.8 Å². The first-order valence-electron chi connectivity index (χ1n) is 4.75. The average molecular weight is 211 g/mol. The van der Waals surface area contributed by atoms with Crippen LogP contribution in [0.4, 0.5) is 5.13 Å². The molecule has 0 saturated heterocycles. The Morgan fingerprint density at radius 1 is 1.71 bits per heavy atom. The summed E-state index contributed by atoms with van der Waals surface area (Å²) >= 11 is 1.46. The molecule has 0 aliphatic heterocycles. The second kappa shape index (κ2) is 4.06. The standard InChI is InChI=1S/C9H13N3OS/c10-4-3-7-5-14-9(11-7)12-8(13)6-1-2-6/h5-6H,1-4,10H2,(H,11,12,13). The SMILES string of the molecule is NCCc1csc(NC(=O)C2CC2)n1. The van der Waals surface area contributed by atoms with Crippen molar-refractivity contribution in [1.82, 2.24) is 4.98 Å². The molecule has 1 amide bonds. The Balaban J connectivity index is 1.91. The Morgan fingerprint density at radius 2 is 2.50 bits per heavy atom. The van der Waals surface area contributed by atoms with E-state index < -0.39 is 0 Å². The summed E-state index contributed by atoms with van der Waals surface area (Å²) in [5.74, 6) is 0.343. The van der Waals surface area contributed by atoms with Crippen LogP contribution in [-0.4, -0.2) is 17.4 Å². The highest BCUT2D eigenvalue weighted by Gasteiger charge is 2.29. The van der Waals surface area contributed by atoms with Gasteiger partial charge in [0, 0.05) is 17.7 Å². The largest absolute Gasteiger partial charge is 0.330 e. The van der Waals surface area contributed by atoms with Gasteiger partial charge < -0.3 is 11.1 Å². The Hall–Kier alpha value is -0.940. The van der Waals surface area contributed by atoms with Gasteiger partial charge in [0.05, 0.1) is 5.69 Å². The van der Waals surface area contributed by atoms with Gasteiger partial charge in [0.25, 0.3) is 0 Å². The molecule has 14 heavy (non-hydrogen) atoms. The third-order valence-electron chi connectivity index (χ3n) is 2.13. The first-order valence-corrected chi connectivity index (χ1v) is 5.63. The van der Waals surface area contributed by atoms with E-state index in [2.05, 4.69) is 10.3 Å². The minimum atomic E-state index is 0.110. The molecular formula is C9H13N3OS. The molecule has 3 N–H and O–H groups in total. The summed E-state index contributed by atoms with van der Waals surface area (Å²) in [4.78, 5) is 15.6. The number of thiazole rings is 1. The molecule has 0 spiro atoms. The van der Waals surface area contributed by atoms with Crippen molar-refractivity contribution in [2.24, 2.45) is 11.7 Å². The molecule has 5 heteroatoms. The van der Waals surface area contributed by atoms with Gasteiger partial charge in [-0.25, -0.2) is 4.98 Å². The lowest BCUT2D eigenvalue weighted by Gasteiger charge is -1.97. The highest BCUT2D eigenvalue weighted by atomic mass is 32.1. The van der Waals surface area contributed by atoms with Gasteiger partial charge in [0.15, 0.2) is 5.13 Å². The second-order valence-corrected chi connectivity index (χ2v) is 4.30. The molecule has 0 bridgehead atoms. The predicted octanol–water partition coefficient (Wildman–Crippen LogP) is 0.993. The topological polar surface area (TPSA) is 68.0 Å². The van der Waals surface area contributed by atoms with Crippen molar-refractivity contribution in [2.75, 3.05) is 11.9 Å². The minimum Gasteiger partial charge on any atom is -0.330 e. The maximum absolute atomic E-state index is 11.4. The molecule has 1 aliphatic carbocycles. The van der Waals surface area contributed by atoms with E-state index in [1.54, 1.807) is 0 Å². The summed E-state index contributed by atoms with van der Waals surface area (Å²) in [5.41, 5.74) is 6.37.